The fourth-order valence-corrected chi connectivity index (χ4v) is 2.70. The van der Waals surface area contributed by atoms with E-state index in [1.54, 1.807) is 6.07 Å². The fraction of sp³-hybridized carbons (Fsp3) is 0.438. The second-order valence-corrected chi connectivity index (χ2v) is 5.19. The molecular formula is C16H21NO3. The summed E-state index contributed by atoms with van der Waals surface area (Å²) in [7, 11) is 0. The molecule has 2 aromatic rings. The first-order valence-electron chi connectivity index (χ1n) is 7.05. The minimum Gasteiger partial charge on any atom is -0.478 e. The second kappa shape index (κ2) is 6.09. The minimum absolute atomic E-state index is 0.108. The molecule has 0 radical (unpaired) electrons. The van der Waals surface area contributed by atoms with Crippen LogP contribution in [0.15, 0.2) is 18.3 Å². The van der Waals surface area contributed by atoms with Gasteiger partial charge in [-0.3, -0.25) is 0 Å². The predicted octanol–water partition coefficient (Wildman–Crippen LogP) is 2.98. The Balaban J connectivity index is 2.68. The lowest BCUT2D eigenvalue weighted by Gasteiger charge is -2.07. The molecule has 0 atom stereocenters. The van der Waals surface area contributed by atoms with Crippen LogP contribution in [0.2, 0.25) is 0 Å². The Bertz CT molecular complexity index is 628. The van der Waals surface area contributed by atoms with Crippen LogP contribution in [0, 0.1) is 6.92 Å². The first-order valence-corrected chi connectivity index (χ1v) is 7.05. The van der Waals surface area contributed by atoms with Crippen LogP contribution in [-0.4, -0.2) is 27.4 Å². The summed E-state index contributed by atoms with van der Waals surface area (Å²) >= 11 is 0. The molecule has 4 nitrogen and oxygen atoms in total. The van der Waals surface area contributed by atoms with Gasteiger partial charge in [0, 0.05) is 24.7 Å². The molecule has 2 N–H and O–H groups in total. The summed E-state index contributed by atoms with van der Waals surface area (Å²) < 4.78 is 1.97. The molecule has 0 aliphatic heterocycles. The molecule has 0 bridgehead atoms. The van der Waals surface area contributed by atoms with Crippen molar-refractivity contribution in [1.82, 2.24) is 4.57 Å². The van der Waals surface area contributed by atoms with E-state index in [0.29, 0.717) is 18.5 Å². The molecule has 4 heteroatoms. The van der Waals surface area contributed by atoms with Crippen molar-refractivity contribution in [2.24, 2.45) is 0 Å². The number of nitrogens with zero attached hydrogens (tertiary/aromatic N) is 1. The van der Waals surface area contributed by atoms with Gasteiger partial charge >= 0.3 is 5.97 Å². The zero-order valence-corrected chi connectivity index (χ0v) is 12.0. The average molecular weight is 275 g/mol. The highest BCUT2D eigenvalue weighted by molar-refractivity contribution is 6.03. The molecule has 0 saturated heterocycles. The maximum Gasteiger partial charge on any atom is 0.337 e. The zero-order valence-electron chi connectivity index (χ0n) is 12.0. The van der Waals surface area contributed by atoms with Crippen molar-refractivity contribution in [2.75, 3.05) is 6.61 Å². The van der Waals surface area contributed by atoms with Crippen molar-refractivity contribution < 1.29 is 15.0 Å². The molecule has 0 fully saturated rings. The normalized spacial score (nSPS) is 11.2. The summed E-state index contributed by atoms with van der Waals surface area (Å²) in [6.07, 6.45) is 4.62. The zero-order chi connectivity index (χ0) is 14.7. The first-order chi connectivity index (χ1) is 9.58. The van der Waals surface area contributed by atoms with Crippen LogP contribution >= 0.6 is 0 Å². The van der Waals surface area contributed by atoms with Gasteiger partial charge in [-0.05, 0) is 43.0 Å². The third-order valence-corrected chi connectivity index (χ3v) is 3.51. The molecule has 1 aromatic carbocycles. The van der Waals surface area contributed by atoms with E-state index in [0.717, 1.165) is 29.3 Å². The van der Waals surface area contributed by atoms with Crippen LogP contribution in [0.3, 0.4) is 0 Å². The highest BCUT2D eigenvalue weighted by Crippen LogP contribution is 2.28. The number of aryl methyl sites for hydroxylation is 3. The summed E-state index contributed by atoms with van der Waals surface area (Å²) in [6.45, 7) is 4.79. The topological polar surface area (TPSA) is 62.5 Å². The highest BCUT2D eigenvalue weighted by atomic mass is 16.4. The molecule has 108 valence electrons. The summed E-state index contributed by atoms with van der Waals surface area (Å²) in [5, 5.41) is 19.5. The summed E-state index contributed by atoms with van der Waals surface area (Å²) in [5.41, 5.74) is 3.28. The number of carbonyl (C=O) groups is 1. The van der Waals surface area contributed by atoms with Gasteiger partial charge in [-0.15, -0.1) is 0 Å². The Hall–Kier alpha value is -1.81. The van der Waals surface area contributed by atoms with Crippen molar-refractivity contribution in [1.29, 1.82) is 0 Å². The summed E-state index contributed by atoms with van der Waals surface area (Å²) in [6, 6.07) is 3.78. The number of aliphatic hydroxyl groups excluding tert-OH is 1. The number of carboxylic acid groups (broad SMARTS) is 1. The lowest BCUT2D eigenvalue weighted by Crippen LogP contribution is -2.04. The Morgan fingerprint density at radius 2 is 2.10 bits per heavy atom. The van der Waals surface area contributed by atoms with Crippen molar-refractivity contribution in [2.45, 2.75) is 39.7 Å². The maximum absolute atomic E-state index is 11.5. The van der Waals surface area contributed by atoms with Gasteiger partial charge in [-0.1, -0.05) is 13.3 Å². The van der Waals surface area contributed by atoms with E-state index in [1.165, 1.54) is 5.56 Å². The number of aromatic nitrogens is 1. The average Bonchev–Trinajstić information content (AvgIpc) is 2.74. The van der Waals surface area contributed by atoms with Crippen LogP contribution < -0.4 is 0 Å². The molecule has 0 spiro atoms. The maximum atomic E-state index is 11.5. The Kier molecular flexibility index (Phi) is 4.45. The van der Waals surface area contributed by atoms with Gasteiger partial charge in [0.1, 0.15) is 0 Å². The van der Waals surface area contributed by atoms with Crippen LogP contribution in [-0.2, 0) is 13.0 Å². The van der Waals surface area contributed by atoms with Crippen molar-refractivity contribution in [3.63, 3.8) is 0 Å². The number of aliphatic hydroxyl groups is 1. The molecule has 20 heavy (non-hydrogen) atoms. The van der Waals surface area contributed by atoms with E-state index in [4.69, 9.17) is 5.11 Å². The third-order valence-electron chi connectivity index (χ3n) is 3.51. The van der Waals surface area contributed by atoms with Gasteiger partial charge in [-0.2, -0.15) is 0 Å². The van der Waals surface area contributed by atoms with Crippen molar-refractivity contribution in [3.8, 4) is 0 Å². The molecule has 1 heterocycles. The van der Waals surface area contributed by atoms with Crippen LogP contribution in [0.1, 0.15) is 41.3 Å². The molecule has 0 unspecified atom stereocenters. The number of fused-ring (bicyclic) bond motifs is 1. The van der Waals surface area contributed by atoms with Gasteiger partial charge in [-0.25, -0.2) is 4.79 Å². The van der Waals surface area contributed by atoms with E-state index in [-0.39, 0.29) is 6.61 Å². The fourth-order valence-electron chi connectivity index (χ4n) is 2.70. The first kappa shape index (κ1) is 14.6. The summed E-state index contributed by atoms with van der Waals surface area (Å²) in [5.74, 6) is -0.898. The van der Waals surface area contributed by atoms with Crippen LogP contribution in [0.5, 0.6) is 0 Å². The van der Waals surface area contributed by atoms with Gasteiger partial charge < -0.3 is 14.8 Å². The molecule has 0 aliphatic rings. The van der Waals surface area contributed by atoms with Crippen LogP contribution in [0.25, 0.3) is 10.9 Å². The van der Waals surface area contributed by atoms with E-state index in [1.807, 2.05) is 17.7 Å². The standard InChI is InChI=1S/C16H21NO3/c1-3-5-12-10-17(6-4-7-18)15-13(12)8-11(2)9-14(15)16(19)20/h8-10,18H,3-7H2,1-2H3,(H,19,20). The molecule has 0 saturated carbocycles. The lowest BCUT2D eigenvalue weighted by molar-refractivity contribution is 0.0698. The predicted molar refractivity (Wildman–Crippen MR) is 79.3 cm³/mol. The lowest BCUT2D eigenvalue weighted by atomic mass is 10.0. The number of carboxylic acids is 1. The number of hydrogen-bond acceptors (Lipinski definition) is 2. The monoisotopic (exact) mass is 275 g/mol. The summed E-state index contributed by atoms with van der Waals surface area (Å²) in [4.78, 5) is 11.5. The number of aromatic carboxylic acids is 1. The Morgan fingerprint density at radius 3 is 2.70 bits per heavy atom. The van der Waals surface area contributed by atoms with E-state index >= 15 is 0 Å². The molecule has 2 rings (SSSR count). The van der Waals surface area contributed by atoms with Crippen LogP contribution in [0.4, 0.5) is 0 Å². The Morgan fingerprint density at radius 1 is 1.35 bits per heavy atom. The van der Waals surface area contributed by atoms with E-state index < -0.39 is 5.97 Å². The highest BCUT2D eigenvalue weighted by Gasteiger charge is 2.16. The number of hydrogen-bond donors (Lipinski definition) is 2. The van der Waals surface area contributed by atoms with Gasteiger partial charge in [0.05, 0.1) is 11.1 Å². The molecule has 1 aromatic heterocycles. The number of benzene rings is 1. The molecule has 0 amide bonds. The SMILES string of the molecule is CCCc1cn(CCCO)c2c(C(=O)O)cc(C)cc12. The number of rotatable bonds is 6. The molecule has 0 aliphatic carbocycles. The van der Waals surface area contributed by atoms with Crippen molar-refractivity contribution in [3.05, 3.63) is 35.0 Å². The van der Waals surface area contributed by atoms with E-state index in [2.05, 4.69) is 13.0 Å². The second-order valence-electron chi connectivity index (χ2n) is 5.19. The smallest absolute Gasteiger partial charge is 0.337 e. The minimum atomic E-state index is -0.898. The quantitative estimate of drug-likeness (QED) is 0.852. The Labute approximate surface area is 118 Å². The van der Waals surface area contributed by atoms with Gasteiger partial charge in [0.2, 0.25) is 0 Å². The van der Waals surface area contributed by atoms with Gasteiger partial charge in [0.25, 0.3) is 0 Å². The largest absolute Gasteiger partial charge is 0.478 e. The van der Waals surface area contributed by atoms with Gasteiger partial charge in [0.15, 0.2) is 0 Å². The van der Waals surface area contributed by atoms with Crippen molar-refractivity contribution >= 4 is 16.9 Å². The van der Waals surface area contributed by atoms with E-state index in [9.17, 15) is 9.90 Å². The third kappa shape index (κ3) is 2.70. The molecular weight excluding hydrogens is 254 g/mol.